The van der Waals surface area contributed by atoms with Crippen molar-refractivity contribution in [2.45, 2.75) is 0 Å². The second-order valence-corrected chi connectivity index (χ2v) is 15.9. The number of rotatable bonds is 0. The third-order valence-corrected chi connectivity index (χ3v) is 0. The van der Waals surface area contributed by atoms with Gasteiger partial charge in [-0.15, -0.1) is 0 Å². The molecule has 0 amide bonds. The normalized spacial score (nSPS) is 9.00. The van der Waals surface area contributed by atoms with Crippen molar-refractivity contribution >= 4 is 49.9 Å². The fraction of sp³-hybridized carbons (Fsp3) is 0. The monoisotopic (exact) mass is 144 g/mol. The summed E-state index contributed by atoms with van der Waals surface area (Å²) in [6.45, 7) is 0. The SMILES string of the molecule is [Cl][K]([Cl])[Cl]. The zero-order valence-electron chi connectivity index (χ0n) is 2.13. The van der Waals surface area contributed by atoms with E-state index >= 15 is 0 Å². The van der Waals surface area contributed by atoms with E-state index in [1.807, 2.05) is 0 Å². The van der Waals surface area contributed by atoms with E-state index in [9.17, 15) is 0 Å². The van der Waals surface area contributed by atoms with Crippen LogP contribution in [0.5, 0.6) is 0 Å². The van der Waals surface area contributed by atoms with Gasteiger partial charge >= 0.3 is 49.9 Å². The van der Waals surface area contributed by atoms with Crippen molar-refractivity contribution in [3.8, 4) is 0 Å². The first-order valence-corrected chi connectivity index (χ1v) is 14.0. The van der Waals surface area contributed by atoms with Gasteiger partial charge < -0.3 is 0 Å². The zero-order chi connectivity index (χ0) is 3.58. The predicted molar refractivity (Wildman–Crippen MR) is 23.3 cm³/mol. The molecule has 0 saturated heterocycles. The summed E-state index contributed by atoms with van der Waals surface area (Å²) in [5.74, 6) is 0. The van der Waals surface area contributed by atoms with Gasteiger partial charge in [0.15, 0.2) is 0 Å². The van der Waals surface area contributed by atoms with Crippen molar-refractivity contribution in [3.63, 3.8) is 0 Å². The molecule has 0 nitrogen and oxygen atoms in total. The number of hydrogen-bond acceptors (Lipinski definition) is 0. The number of halogens is 3. The van der Waals surface area contributed by atoms with Crippen LogP contribution in [0.4, 0.5) is 0 Å². The molecular weight excluding hydrogens is 145 g/mol. The van der Waals surface area contributed by atoms with Gasteiger partial charge in [-0.1, -0.05) is 0 Å². The Morgan fingerprint density at radius 1 is 1.00 bits per heavy atom. The van der Waals surface area contributed by atoms with E-state index in [2.05, 4.69) is 0 Å². The summed E-state index contributed by atoms with van der Waals surface area (Å²) in [5, 5.41) is 0. The van der Waals surface area contributed by atoms with Gasteiger partial charge in [0.05, 0.1) is 0 Å². The molecule has 0 saturated carbocycles. The average molecular weight is 145 g/mol. The summed E-state index contributed by atoms with van der Waals surface area (Å²) in [6, 6.07) is 0. The Labute approximate surface area is 48.1 Å². The maximum absolute atomic E-state index is 5.03. The van der Waals surface area contributed by atoms with E-state index in [0.717, 1.165) is 0 Å². The van der Waals surface area contributed by atoms with Crippen LogP contribution in [0.25, 0.3) is 0 Å². The van der Waals surface area contributed by atoms with E-state index in [1.54, 1.807) is 0 Å². The van der Waals surface area contributed by atoms with Crippen molar-refractivity contribution in [1.29, 1.82) is 0 Å². The molecule has 0 bridgehead atoms. The zero-order valence-corrected chi connectivity index (χ0v) is 7.52. The molecule has 4 heteroatoms. The molecule has 0 rings (SSSR count). The maximum atomic E-state index is 5.03. The van der Waals surface area contributed by atoms with E-state index in [-0.39, 0.29) is 0 Å². The second kappa shape index (κ2) is 3.69. The van der Waals surface area contributed by atoms with Crippen LogP contribution >= 0.6 is 11.3 Å². The van der Waals surface area contributed by atoms with Crippen LogP contribution in [0, 0.1) is 0 Å². The first-order valence-electron chi connectivity index (χ1n) is 1.13. The molecule has 0 aliphatic rings. The van der Waals surface area contributed by atoms with Gasteiger partial charge in [-0.25, -0.2) is 0 Å². The van der Waals surface area contributed by atoms with E-state index < -0.39 is 38.6 Å². The van der Waals surface area contributed by atoms with Crippen LogP contribution in [0.3, 0.4) is 0 Å². The van der Waals surface area contributed by atoms with Crippen LogP contribution in [0.15, 0.2) is 0 Å². The van der Waals surface area contributed by atoms with Gasteiger partial charge in [0.25, 0.3) is 0 Å². The van der Waals surface area contributed by atoms with Crippen LogP contribution < -0.4 is 0 Å². The summed E-state index contributed by atoms with van der Waals surface area (Å²) < 4.78 is 15.1. The van der Waals surface area contributed by atoms with E-state index in [1.165, 1.54) is 0 Å². The molecule has 0 heterocycles. The Kier molecular flexibility index (Phi) is 6.00. The second-order valence-electron chi connectivity index (χ2n) is 0.429. The quantitative estimate of drug-likeness (QED) is 0.455. The Bertz CT molecular complexity index is 8.00. The Morgan fingerprint density at radius 2 is 1.00 bits per heavy atom. The van der Waals surface area contributed by atoms with Crippen LogP contribution in [0.2, 0.25) is 0 Å². The summed E-state index contributed by atoms with van der Waals surface area (Å²) in [6.07, 6.45) is 0. The Hall–Kier alpha value is 2.51. The average Bonchev–Trinajstić information content (AvgIpc) is 0.811. The van der Waals surface area contributed by atoms with Gasteiger partial charge in [-0.2, -0.15) is 0 Å². The Morgan fingerprint density at radius 3 is 1.00 bits per heavy atom. The molecule has 0 unspecified atom stereocenters. The van der Waals surface area contributed by atoms with Crippen LogP contribution in [0.1, 0.15) is 0 Å². The van der Waals surface area contributed by atoms with Gasteiger partial charge in [-0.05, 0) is 0 Å². The van der Waals surface area contributed by atoms with Gasteiger partial charge in [0.2, 0.25) is 0 Å². The summed E-state index contributed by atoms with van der Waals surface area (Å²) in [4.78, 5) is 0. The molecule has 22 valence electrons. The fourth-order valence-electron chi connectivity index (χ4n) is 0. The summed E-state index contributed by atoms with van der Waals surface area (Å²) in [7, 11) is 0. The minimum atomic E-state index is -2.35. The minimum absolute atomic E-state index is 2.35. The van der Waals surface area contributed by atoms with Crippen molar-refractivity contribution in [1.82, 2.24) is 0 Å². The summed E-state index contributed by atoms with van der Waals surface area (Å²) in [5.41, 5.74) is 0. The molecule has 0 aromatic carbocycles. The van der Waals surface area contributed by atoms with E-state index in [0.29, 0.717) is 0 Å². The van der Waals surface area contributed by atoms with Crippen LogP contribution in [-0.2, 0) is 0 Å². The molecule has 0 atom stereocenters. The van der Waals surface area contributed by atoms with Crippen molar-refractivity contribution in [2.75, 3.05) is 0 Å². The molecule has 0 N–H and O–H groups in total. The number of hydrogen-bond donors (Lipinski definition) is 0. The van der Waals surface area contributed by atoms with Crippen molar-refractivity contribution in [3.05, 3.63) is 0 Å². The van der Waals surface area contributed by atoms with Crippen LogP contribution in [-0.4, -0.2) is 38.6 Å². The first kappa shape index (κ1) is 6.51. The van der Waals surface area contributed by atoms with Crippen molar-refractivity contribution < 1.29 is 0 Å². The molecular formula is Cl3K. The van der Waals surface area contributed by atoms with Gasteiger partial charge in [0.1, 0.15) is 0 Å². The molecule has 0 fully saturated rings. The molecule has 4 heavy (non-hydrogen) atoms. The first-order chi connectivity index (χ1) is 1.73. The molecule has 0 aliphatic heterocycles. The van der Waals surface area contributed by atoms with E-state index in [4.69, 9.17) is 11.3 Å². The third kappa shape index (κ3) is 8.82. The third-order valence-electron chi connectivity index (χ3n) is 0. The van der Waals surface area contributed by atoms with Gasteiger partial charge in [0, 0.05) is 0 Å². The topological polar surface area (TPSA) is 0 Å². The van der Waals surface area contributed by atoms with Gasteiger partial charge in [-0.3, -0.25) is 0 Å². The molecule has 0 aromatic heterocycles. The fourth-order valence-corrected chi connectivity index (χ4v) is 0. The Balaban J connectivity index is 2.32. The van der Waals surface area contributed by atoms with Crippen molar-refractivity contribution in [2.24, 2.45) is 0 Å². The molecule has 0 aromatic rings. The molecule has 0 spiro atoms. The summed E-state index contributed by atoms with van der Waals surface area (Å²) >= 11 is -2.35. The molecule has 4 radical (unpaired) electrons. The molecule has 0 aliphatic carbocycles. The standard InChI is InChI=1S/3ClH.K/h3*1H;/q;;;+3/p-3. The predicted octanol–water partition coefficient (Wildman–Crippen LogP) is 1.69.